The van der Waals surface area contributed by atoms with Crippen LogP contribution in [0, 0.1) is 11.8 Å². The fourth-order valence-electron chi connectivity index (χ4n) is 5.80. The number of nitrogens with zero attached hydrogens (tertiary/aromatic N) is 4. The highest BCUT2D eigenvalue weighted by Crippen LogP contribution is 2.33. The Kier molecular flexibility index (Phi) is 6.18. The van der Waals surface area contributed by atoms with Gasteiger partial charge >= 0.3 is 0 Å². The largest absolute Gasteiger partial charge is 0.451 e. The Balaban J connectivity index is 1.14. The number of furan rings is 1. The second kappa shape index (κ2) is 9.64. The third-order valence-electron chi connectivity index (χ3n) is 7.89. The number of fused-ring (bicyclic) bond motifs is 2. The number of hydrogen-bond donors (Lipinski definition) is 1. The van der Waals surface area contributed by atoms with E-state index in [2.05, 4.69) is 17.2 Å². The van der Waals surface area contributed by atoms with E-state index in [1.54, 1.807) is 16.0 Å². The van der Waals surface area contributed by atoms with Crippen molar-refractivity contribution in [2.75, 3.05) is 50.8 Å². The molecule has 3 aromatic rings. The van der Waals surface area contributed by atoms with E-state index in [0.29, 0.717) is 50.6 Å². The first-order valence-corrected chi connectivity index (χ1v) is 13.0. The third kappa shape index (κ3) is 4.28. The molecular formula is C28H31N5O4. The van der Waals surface area contributed by atoms with Crippen molar-refractivity contribution in [1.82, 2.24) is 20.1 Å². The highest BCUT2D eigenvalue weighted by atomic mass is 16.3. The minimum Gasteiger partial charge on any atom is -0.451 e. The SMILES string of the molecule is CCN1CC(C(=O)N2CCN(C(=O)c3cc4ccccc4o3)CC2)C2NN(c3ccccc3)C(=O)C2C1. The zero-order valence-electron chi connectivity index (χ0n) is 20.9. The van der Waals surface area contributed by atoms with Gasteiger partial charge in [0.25, 0.3) is 5.91 Å². The summed E-state index contributed by atoms with van der Waals surface area (Å²) in [5.41, 5.74) is 4.84. The van der Waals surface area contributed by atoms with E-state index in [-0.39, 0.29) is 35.6 Å². The molecule has 0 spiro atoms. The first-order chi connectivity index (χ1) is 18.0. The number of para-hydroxylation sites is 2. The van der Waals surface area contributed by atoms with Gasteiger partial charge in [-0.2, -0.15) is 0 Å². The van der Waals surface area contributed by atoms with E-state index in [0.717, 1.165) is 17.6 Å². The number of piperazine rings is 1. The van der Waals surface area contributed by atoms with Crippen molar-refractivity contribution in [3.63, 3.8) is 0 Å². The number of carbonyl (C=O) groups excluding carboxylic acids is 3. The van der Waals surface area contributed by atoms with Crippen LogP contribution >= 0.6 is 0 Å². The number of hydrazine groups is 1. The van der Waals surface area contributed by atoms with E-state index in [1.165, 1.54) is 0 Å². The maximum atomic E-state index is 13.8. The van der Waals surface area contributed by atoms with Crippen molar-refractivity contribution in [2.24, 2.45) is 11.8 Å². The predicted octanol–water partition coefficient (Wildman–Crippen LogP) is 2.21. The van der Waals surface area contributed by atoms with Crippen LogP contribution in [0.4, 0.5) is 5.69 Å². The van der Waals surface area contributed by atoms with Gasteiger partial charge in [-0.1, -0.05) is 43.3 Å². The molecule has 2 aromatic carbocycles. The Morgan fingerprint density at radius 3 is 2.38 bits per heavy atom. The summed E-state index contributed by atoms with van der Waals surface area (Å²) in [7, 11) is 0. The first-order valence-electron chi connectivity index (χ1n) is 13.0. The highest BCUT2D eigenvalue weighted by molar-refractivity contribution is 5.98. The molecule has 3 amide bonds. The minimum absolute atomic E-state index is 0.00778. The standard InChI is InChI=1S/C28H31N5O4/c1-2-30-17-21(25-22(18-30)27(35)33(29-25)20-9-4-3-5-10-20)26(34)31-12-14-32(15-13-31)28(36)24-16-19-8-6-7-11-23(19)37-24/h3-11,16,21-22,25,29H,2,12-15,17-18H2,1H3. The van der Waals surface area contributed by atoms with Gasteiger partial charge in [-0.25, -0.2) is 10.4 Å². The molecule has 3 unspecified atom stereocenters. The molecular weight excluding hydrogens is 470 g/mol. The van der Waals surface area contributed by atoms with Gasteiger partial charge in [-0.3, -0.25) is 14.4 Å². The molecule has 3 aliphatic heterocycles. The highest BCUT2D eigenvalue weighted by Gasteiger charge is 2.51. The van der Waals surface area contributed by atoms with Crippen molar-refractivity contribution in [2.45, 2.75) is 13.0 Å². The number of anilines is 1. The molecule has 192 valence electrons. The predicted molar refractivity (Wildman–Crippen MR) is 139 cm³/mol. The monoisotopic (exact) mass is 501 g/mol. The van der Waals surface area contributed by atoms with Gasteiger partial charge in [0.05, 0.1) is 23.6 Å². The van der Waals surface area contributed by atoms with Gasteiger partial charge < -0.3 is 19.1 Å². The number of piperidine rings is 1. The minimum atomic E-state index is -0.339. The molecule has 9 nitrogen and oxygen atoms in total. The van der Waals surface area contributed by atoms with Crippen LogP contribution in [0.5, 0.6) is 0 Å². The van der Waals surface area contributed by atoms with Crippen LogP contribution in [0.3, 0.4) is 0 Å². The van der Waals surface area contributed by atoms with Crippen molar-refractivity contribution in [3.8, 4) is 0 Å². The zero-order chi connectivity index (χ0) is 25.5. The fraction of sp³-hybridized carbons (Fsp3) is 0.393. The summed E-state index contributed by atoms with van der Waals surface area (Å²) < 4.78 is 5.76. The van der Waals surface area contributed by atoms with Gasteiger partial charge in [0.15, 0.2) is 5.76 Å². The second-order valence-electron chi connectivity index (χ2n) is 10.00. The topological polar surface area (TPSA) is 89.3 Å². The first kappa shape index (κ1) is 23.7. The lowest BCUT2D eigenvalue weighted by atomic mass is 9.83. The Bertz CT molecular complexity index is 1280. The molecule has 3 atom stereocenters. The lowest BCUT2D eigenvalue weighted by Crippen LogP contribution is -2.60. The molecule has 0 radical (unpaired) electrons. The van der Waals surface area contributed by atoms with E-state index >= 15 is 0 Å². The molecule has 6 rings (SSSR count). The maximum absolute atomic E-state index is 13.8. The lowest BCUT2D eigenvalue weighted by molar-refractivity contribution is -0.141. The molecule has 0 aliphatic carbocycles. The third-order valence-corrected chi connectivity index (χ3v) is 7.89. The molecule has 1 N–H and O–H groups in total. The number of hydrogen-bond acceptors (Lipinski definition) is 6. The summed E-state index contributed by atoms with van der Waals surface area (Å²) in [5, 5.41) is 2.51. The fourth-order valence-corrected chi connectivity index (χ4v) is 5.80. The van der Waals surface area contributed by atoms with Crippen molar-refractivity contribution in [1.29, 1.82) is 0 Å². The smallest absolute Gasteiger partial charge is 0.289 e. The van der Waals surface area contributed by atoms with E-state index in [4.69, 9.17) is 4.42 Å². The van der Waals surface area contributed by atoms with Crippen molar-refractivity contribution >= 4 is 34.4 Å². The Hall–Kier alpha value is -3.69. The Morgan fingerprint density at radius 2 is 1.65 bits per heavy atom. The summed E-state index contributed by atoms with van der Waals surface area (Å²) >= 11 is 0. The molecule has 37 heavy (non-hydrogen) atoms. The summed E-state index contributed by atoms with van der Waals surface area (Å²) in [6.07, 6.45) is 0. The maximum Gasteiger partial charge on any atom is 0.289 e. The summed E-state index contributed by atoms with van der Waals surface area (Å²) in [5.74, 6) is -0.399. The molecule has 0 bridgehead atoms. The van der Waals surface area contributed by atoms with Gasteiger partial charge in [0.1, 0.15) is 5.58 Å². The Morgan fingerprint density at radius 1 is 0.946 bits per heavy atom. The van der Waals surface area contributed by atoms with Crippen LogP contribution in [-0.4, -0.2) is 84.3 Å². The normalized spacial score (nSPS) is 24.5. The lowest BCUT2D eigenvalue weighted by Gasteiger charge is -2.42. The quantitative estimate of drug-likeness (QED) is 0.590. The summed E-state index contributed by atoms with van der Waals surface area (Å²) in [4.78, 5) is 45.9. The summed E-state index contributed by atoms with van der Waals surface area (Å²) in [6.45, 7) is 5.90. The number of benzene rings is 2. The molecule has 9 heteroatoms. The number of rotatable bonds is 4. The van der Waals surface area contributed by atoms with Crippen molar-refractivity contribution < 1.29 is 18.8 Å². The van der Waals surface area contributed by atoms with Gasteiger partial charge in [0, 0.05) is 44.7 Å². The summed E-state index contributed by atoms with van der Waals surface area (Å²) in [6, 6.07) is 18.6. The van der Waals surface area contributed by atoms with Crippen LogP contribution in [0.15, 0.2) is 65.1 Å². The van der Waals surface area contributed by atoms with Crippen LogP contribution < -0.4 is 10.4 Å². The van der Waals surface area contributed by atoms with E-state index < -0.39 is 0 Å². The Labute approximate surface area is 215 Å². The molecule has 0 saturated carbocycles. The van der Waals surface area contributed by atoms with Gasteiger partial charge in [-0.05, 0) is 30.8 Å². The number of likely N-dealkylation sites (tertiary alicyclic amines) is 1. The number of carbonyl (C=O) groups is 3. The molecule has 4 heterocycles. The van der Waals surface area contributed by atoms with Gasteiger partial charge in [0.2, 0.25) is 11.8 Å². The number of amides is 3. The zero-order valence-corrected chi connectivity index (χ0v) is 20.9. The molecule has 3 fully saturated rings. The molecule has 3 aliphatic rings. The van der Waals surface area contributed by atoms with Crippen LogP contribution in [0.1, 0.15) is 17.5 Å². The average Bonchev–Trinajstić information content (AvgIpc) is 3.53. The second-order valence-corrected chi connectivity index (χ2v) is 10.00. The van der Waals surface area contributed by atoms with E-state index in [9.17, 15) is 14.4 Å². The van der Waals surface area contributed by atoms with Crippen LogP contribution in [0.25, 0.3) is 11.0 Å². The van der Waals surface area contributed by atoms with Crippen molar-refractivity contribution in [3.05, 3.63) is 66.4 Å². The van der Waals surface area contributed by atoms with Crippen LogP contribution in [0.2, 0.25) is 0 Å². The number of nitrogens with one attached hydrogen (secondary N) is 1. The molecule has 1 aromatic heterocycles. The van der Waals surface area contributed by atoms with Crippen LogP contribution in [-0.2, 0) is 9.59 Å². The van der Waals surface area contributed by atoms with E-state index in [1.807, 2.05) is 59.5 Å². The average molecular weight is 502 g/mol. The van der Waals surface area contributed by atoms with Gasteiger partial charge in [-0.15, -0.1) is 0 Å². The molecule has 3 saturated heterocycles.